The fourth-order valence-electron chi connectivity index (χ4n) is 4.08. The van der Waals surface area contributed by atoms with Gasteiger partial charge in [0.05, 0.1) is 0 Å². The van der Waals surface area contributed by atoms with Crippen LogP contribution in [0.25, 0.3) is 11.2 Å². The lowest BCUT2D eigenvalue weighted by Gasteiger charge is -2.39. The number of nitrogens with zero attached hydrogens (tertiary/aromatic N) is 6. The first-order valence-electron chi connectivity index (χ1n) is 11.8. The van der Waals surface area contributed by atoms with E-state index in [-0.39, 0.29) is 11.0 Å². The summed E-state index contributed by atoms with van der Waals surface area (Å²) < 4.78 is 2.06. The van der Waals surface area contributed by atoms with Crippen LogP contribution in [0.5, 0.6) is 0 Å². The molecule has 0 amide bonds. The summed E-state index contributed by atoms with van der Waals surface area (Å²) in [6, 6.07) is 0. The number of aryl methyl sites for hydroxylation is 2. The Labute approximate surface area is 199 Å². The van der Waals surface area contributed by atoms with Gasteiger partial charge in [-0.15, -0.1) is 0 Å². The normalized spacial score (nSPS) is 16.9. The maximum atomic E-state index is 5.10. The molecule has 0 spiro atoms. The first-order valence-corrected chi connectivity index (χ1v) is 11.8. The van der Waals surface area contributed by atoms with Gasteiger partial charge in [-0.25, -0.2) is 4.98 Å². The SMILES string of the molecule is C=C(C)/C(=C\C(=C)C(C)(C)CC)N(C)c1nc(N2CCNC(C)(C)C2)nc2nc(C)n(C)c12. The number of hydrogen-bond acceptors (Lipinski definition) is 6. The lowest BCUT2D eigenvalue weighted by molar-refractivity contribution is 0.350. The van der Waals surface area contributed by atoms with Gasteiger partial charge in [-0.3, -0.25) is 0 Å². The smallest absolute Gasteiger partial charge is 0.229 e. The summed E-state index contributed by atoms with van der Waals surface area (Å²) in [7, 11) is 4.06. The van der Waals surface area contributed by atoms with Crippen LogP contribution in [0.1, 0.15) is 53.8 Å². The van der Waals surface area contributed by atoms with E-state index in [2.05, 4.69) is 73.5 Å². The van der Waals surface area contributed by atoms with Gasteiger partial charge < -0.3 is 19.7 Å². The van der Waals surface area contributed by atoms with E-state index in [0.717, 1.165) is 60.1 Å². The Morgan fingerprint density at radius 2 is 1.91 bits per heavy atom. The summed E-state index contributed by atoms with van der Waals surface area (Å²) >= 11 is 0. The molecule has 3 rings (SSSR count). The molecule has 0 atom stereocenters. The number of allylic oxidation sites excluding steroid dienone is 3. The van der Waals surface area contributed by atoms with Crippen molar-refractivity contribution in [3.05, 3.63) is 41.9 Å². The Morgan fingerprint density at radius 1 is 1.24 bits per heavy atom. The minimum Gasteiger partial charge on any atom is -0.338 e. The second-order valence-corrected chi connectivity index (χ2v) is 10.6. The second kappa shape index (κ2) is 8.93. The lowest BCUT2D eigenvalue weighted by Crippen LogP contribution is -2.57. The number of imidazole rings is 1. The summed E-state index contributed by atoms with van der Waals surface area (Å²) in [4.78, 5) is 19.1. The first kappa shape index (κ1) is 25.0. The summed E-state index contributed by atoms with van der Waals surface area (Å²) in [5.74, 6) is 2.45. The van der Waals surface area contributed by atoms with Gasteiger partial charge in [0, 0.05) is 45.0 Å². The number of likely N-dealkylation sites (N-methyl/N-ethyl adjacent to an activating group) is 1. The molecule has 1 fully saturated rings. The zero-order chi connectivity index (χ0) is 24.7. The van der Waals surface area contributed by atoms with E-state index >= 15 is 0 Å². The summed E-state index contributed by atoms with van der Waals surface area (Å²) in [5, 5.41) is 3.56. The number of fused-ring (bicyclic) bond motifs is 1. The predicted molar refractivity (Wildman–Crippen MR) is 140 cm³/mol. The van der Waals surface area contributed by atoms with Crippen molar-refractivity contribution in [3.63, 3.8) is 0 Å². The molecule has 1 N–H and O–H groups in total. The standard InChI is InChI=1S/C26H41N7/c1-12-25(6,7)18(4)15-20(17(2)3)32(11)23-21-22(28-19(5)31(21)10)29-24(30-23)33-14-13-27-26(8,9)16-33/h15,27H,2,4,12-14,16H2,1,3,5-11H3/b20-15+. The van der Waals surface area contributed by atoms with E-state index in [4.69, 9.17) is 15.0 Å². The Hall–Kier alpha value is -2.67. The van der Waals surface area contributed by atoms with Crippen LogP contribution in [-0.2, 0) is 7.05 Å². The minimum atomic E-state index is -0.00505. The van der Waals surface area contributed by atoms with Crippen LogP contribution in [-0.4, -0.2) is 51.7 Å². The van der Waals surface area contributed by atoms with Crippen molar-refractivity contribution in [2.24, 2.45) is 12.5 Å². The van der Waals surface area contributed by atoms with E-state index in [0.29, 0.717) is 11.6 Å². The van der Waals surface area contributed by atoms with Crippen LogP contribution in [0.4, 0.5) is 11.8 Å². The number of hydrogen-bond donors (Lipinski definition) is 1. The zero-order valence-electron chi connectivity index (χ0n) is 22.0. The Balaban J connectivity index is 2.17. The molecule has 2 aromatic rings. The minimum absolute atomic E-state index is 0.00317. The van der Waals surface area contributed by atoms with Gasteiger partial charge in [0.25, 0.3) is 0 Å². The van der Waals surface area contributed by atoms with Crippen molar-refractivity contribution in [2.45, 2.75) is 60.4 Å². The van der Waals surface area contributed by atoms with Crippen LogP contribution >= 0.6 is 0 Å². The molecule has 180 valence electrons. The summed E-state index contributed by atoms with van der Waals surface area (Å²) in [6.45, 7) is 26.3. The third-order valence-electron chi connectivity index (χ3n) is 6.96. The van der Waals surface area contributed by atoms with Crippen molar-refractivity contribution in [2.75, 3.05) is 36.5 Å². The molecule has 2 aromatic heterocycles. The number of piperazine rings is 1. The maximum Gasteiger partial charge on any atom is 0.229 e. The van der Waals surface area contributed by atoms with Crippen molar-refractivity contribution in [1.29, 1.82) is 0 Å². The van der Waals surface area contributed by atoms with Crippen LogP contribution in [0.2, 0.25) is 0 Å². The highest BCUT2D eigenvalue weighted by molar-refractivity contribution is 5.87. The quantitative estimate of drug-likeness (QED) is 0.613. The molecule has 7 heteroatoms. The Bertz CT molecular complexity index is 1100. The Morgan fingerprint density at radius 3 is 2.48 bits per heavy atom. The van der Waals surface area contributed by atoms with Crippen LogP contribution < -0.4 is 15.1 Å². The zero-order valence-corrected chi connectivity index (χ0v) is 22.0. The fourth-order valence-corrected chi connectivity index (χ4v) is 4.08. The second-order valence-electron chi connectivity index (χ2n) is 10.6. The number of rotatable bonds is 7. The van der Waals surface area contributed by atoms with Crippen molar-refractivity contribution < 1.29 is 0 Å². The van der Waals surface area contributed by atoms with E-state index in [1.54, 1.807) is 0 Å². The molecule has 0 radical (unpaired) electrons. The summed E-state index contributed by atoms with van der Waals surface area (Å²) in [6.07, 6.45) is 3.16. The molecular weight excluding hydrogens is 410 g/mol. The van der Waals surface area contributed by atoms with Gasteiger partial charge in [0.1, 0.15) is 11.3 Å². The highest BCUT2D eigenvalue weighted by Crippen LogP contribution is 2.34. The van der Waals surface area contributed by atoms with Crippen LogP contribution in [0.3, 0.4) is 0 Å². The fraction of sp³-hybridized carbons (Fsp3) is 0.577. The van der Waals surface area contributed by atoms with E-state index in [9.17, 15) is 0 Å². The van der Waals surface area contributed by atoms with Crippen LogP contribution in [0.15, 0.2) is 36.1 Å². The molecule has 0 bridgehead atoms. The number of aromatic nitrogens is 4. The van der Waals surface area contributed by atoms with Crippen molar-refractivity contribution >= 4 is 22.9 Å². The third kappa shape index (κ3) is 4.98. The van der Waals surface area contributed by atoms with Gasteiger partial charge in [0.2, 0.25) is 5.95 Å². The Kier molecular flexibility index (Phi) is 6.76. The topological polar surface area (TPSA) is 62.1 Å². The monoisotopic (exact) mass is 451 g/mol. The molecule has 1 aliphatic heterocycles. The van der Waals surface area contributed by atoms with Gasteiger partial charge in [-0.1, -0.05) is 33.9 Å². The van der Waals surface area contributed by atoms with Crippen molar-refractivity contribution in [3.8, 4) is 0 Å². The highest BCUT2D eigenvalue weighted by Gasteiger charge is 2.29. The number of nitrogens with one attached hydrogen (secondary N) is 1. The molecule has 1 saturated heterocycles. The highest BCUT2D eigenvalue weighted by atomic mass is 15.3. The van der Waals surface area contributed by atoms with Gasteiger partial charge in [-0.2, -0.15) is 9.97 Å². The average Bonchev–Trinajstić information content (AvgIpc) is 3.03. The van der Waals surface area contributed by atoms with E-state index in [1.807, 2.05) is 27.9 Å². The van der Waals surface area contributed by atoms with E-state index < -0.39 is 0 Å². The van der Waals surface area contributed by atoms with Gasteiger partial charge in [0.15, 0.2) is 11.5 Å². The van der Waals surface area contributed by atoms with Gasteiger partial charge in [-0.05, 0) is 56.8 Å². The molecule has 0 unspecified atom stereocenters. The maximum absolute atomic E-state index is 5.10. The molecule has 0 aromatic carbocycles. The third-order valence-corrected chi connectivity index (χ3v) is 6.96. The predicted octanol–water partition coefficient (Wildman–Crippen LogP) is 4.75. The largest absolute Gasteiger partial charge is 0.338 e. The molecular formula is C26H41N7. The van der Waals surface area contributed by atoms with Gasteiger partial charge >= 0.3 is 0 Å². The average molecular weight is 452 g/mol. The van der Waals surface area contributed by atoms with Crippen molar-refractivity contribution in [1.82, 2.24) is 24.8 Å². The molecule has 0 saturated carbocycles. The lowest BCUT2D eigenvalue weighted by atomic mass is 9.82. The van der Waals surface area contributed by atoms with E-state index in [1.165, 1.54) is 0 Å². The molecule has 33 heavy (non-hydrogen) atoms. The molecule has 0 aliphatic carbocycles. The van der Waals surface area contributed by atoms with Crippen LogP contribution in [0, 0.1) is 12.3 Å². The summed E-state index contributed by atoms with van der Waals surface area (Å²) in [5.41, 5.74) is 4.66. The molecule has 3 heterocycles. The molecule has 1 aliphatic rings. The molecule has 7 nitrogen and oxygen atoms in total. The number of anilines is 2. The first-order chi connectivity index (χ1) is 15.3.